The van der Waals surface area contributed by atoms with E-state index in [0.29, 0.717) is 5.69 Å². The molecule has 0 aliphatic rings. The van der Waals surface area contributed by atoms with Crippen molar-refractivity contribution in [3.63, 3.8) is 0 Å². The number of benzene rings is 1. The van der Waals surface area contributed by atoms with Gasteiger partial charge < -0.3 is 41.0 Å². The zero-order valence-electron chi connectivity index (χ0n) is 10.0. The number of nitrogens with zero attached hydrogens (tertiary/aromatic N) is 2. The minimum Gasteiger partial charge on any atom is -0.999 e. The maximum absolute atomic E-state index is 8.25. The normalized spacial score (nSPS) is 6.58. The predicted molar refractivity (Wildman–Crippen MR) is 61.9 cm³/mol. The first-order valence-corrected chi connectivity index (χ1v) is 4.48. The fraction of sp³-hybridized carbons (Fsp3) is 0.0714. The summed E-state index contributed by atoms with van der Waals surface area (Å²) in [7, 11) is 0. The summed E-state index contributed by atoms with van der Waals surface area (Å²) in [6.07, 6.45) is 0. The van der Waals surface area contributed by atoms with E-state index in [2.05, 4.69) is 42.7 Å². The first kappa shape index (κ1) is 22.5. The molecule has 5 heteroatoms. The number of hydrogen-bond donors (Lipinski definition) is 0. The summed E-state index contributed by atoms with van der Waals surface area (Å²) in [6, 6.07) is 19.3. The first-order valence-electron chi connectivity index (χ1n) is 4.48. The van der Waals surface area contributed by atoms with Crippen molar-refractivity contribution in [2.75, 3.05) is 0 Å². The van der Waals surface area contributed by atoms with Crippen LogP contribution in [0.15, 0.2) is 35.4 Å². The molecular formula is C14H8MoN2O2-4. The second-order valence-electron chi connectivity index (χ2n) is 2.62. The van der Waals surface area contributed by atoms with Crippen LogP contribution in [-0.4, -0.2) is 0 Å². The van der Waals surface area contributed by atoms with Crippen molar-refractivity contribution >= 4 is 5.69 Å². The molecule has 0 aliphatic heterocycles. The van der Waals surface area contributed by atoms with Gasteiger partial charge in [0.1, 0.15) is 0 Å². The van der Waals surface area contributed by atoms with Crippen molar-refractivity contribution < 1.29 is 30.4 Å². The number of aryl methyl sites for hydroxylation is 1. The minimum absolute atomic E-state index is 0. The Morgan fingerprint density at radius 3 is 1.74 bits per heavy atom. The second-order valence-corrected chi connectivity index (χ2v) is 2.62. The Balaban J connectivity index is -0.000000220. The van der Waals surface area contributed by atoms with Crippen molar-refractivity contribution in [3.8, 4) is 0 Å². The van der Waals surface area contributed by atoms with E-state index < -0.39 is 0 Å². The Kier molecular flexibility index (Phi) is 22.2. The molecule has 0 radical (unpaired) electrons. The van der Waals surface area contributed by atoms with Gasteiger partial charge in [0.25, 0.3) is 0 Å². The molecule has 0 spiro atoms. The summed E-state index contributed by atoms with van der Waals surface area (Å²) < 4.78 is 15.0. The summed E-state index contributed by atoms with van der Waals surface area (Å²) >= 11 is 0. The third kappa shape index (κ3) is 14.3. The van der Waals surface area contributed by atoms with Crippen molar-refractivity contribution in [2.45, 2.75) is 6.92 Å². The van der Waals surface area contributed by atoms with Gasteiger partial charge in [-0.1, -0.05) is 17.7 Å². The average molecular weight is 332 g/mol. The molecular weight excluding hydrogens is 324 g/mol. The maximum atomic E-state index is 8.25. The Hall–Kier alpha value is -1.66. The van der Waals surface area contributed by atoms with E-state index in [9.17, 15) is 0 Å². The van der Waals surface area contributed by atoms with E-state index >= 15 is 0 Å². The van der Waals surface area contributed by atoms with Crippen LogP contribution in [0.4, 0.5) is 5.69 Å². The fourth-order valence-electron chi connectivity index (χ4n) is 0.792. The van der Waals surface area contributed by atoms with Crippen LogP contribution in [0.25, 0.3) is 5.53 Å². The van der Waals surface area contributed by atoms with Crippen LogP contribution in [0.2, 0.25) is 0 Å². The Morgan fingerprint density at radius 1 is 1.05 bits per heavy atom. The third-order valence-electron chi connectivity index (χ3n) is 1.50. The zero-order valence-corrected chi connectivity index (χ0v) is 12.0. The van der Waals surface area contributed by atoms with Gasteiger partial charge in [0.15, 0.2) is 0 Å². The van der Waals surface area contributed by atoms with E-state index in [4.69, 9.17) is 14.8 Å². The molecule has 0 atom stereocenters. The zero-order chi connectivity index (χ0) is 14.2. The largest absolute Gasteiger partial charge is 2.00 e. The molecule has 0 aromatic heterocycles. The standard InChI is InChI=1S/C7H7N2.C5H.2CO.Mo/c1-6-2-4-7(9-8)5-3-6;1-2-4-5-3-1;2*1-2;/h2-5H,1H3;1H;;;/q-1;-5;;;+2. The molecule has 0 saturated carbocycles. The summed E-state index contributed by atoms with van der Waals surface area (Å²) in [5.74, 6) is 0. The van der Waals surface area contributed by atoms with Crippen LogP contribution in [0, 0.1) is 44.5 Å². The van der Waals surface area contributed by atoms with E-state index in [1.807, 2.05) is 19.1 Å². The van der Waals surface area contributed by atoms with E-state index in [-0.39, 0.29) is 21.1 Å². The van der Waals surface area contributed by atoms with Gasteiger partial charge in [0.2, 0.25) is 0 Å². The first-order chi connectivity index (χ1) is 8.83. The smallest absolute Gasteiger partial charge is 0.999 e. The van der Waals surface area contributed by atoms with Crippen molar-refractivity contribution in [1.82, 2.24) is 0 Å². The molecule has 0 fully saturated rings. The van der Waals surface area contributed by atoms with E-state index in [1.165, 1.54) is 5.56 Å². The molecule has 0 N–H and O–H groups in total. The number of rotatable bonds is 1. The molecule has 96 valence electrons. The van der Waals surface area contributed by atoms with Gasteiger partial charge in [0, 0.05) is 5.69 Å². The van der Waals surface area contributed by atoms with Gasteiger partial charge in [-0.2, -0.15) is 0 Å². The van der Waals surface area contributed by atoms with Crippen molar-refractivity contribution in [2.24, 2.45) is 5.11 Å². The molecule has 19 heavy (non-hydrogen) atoms. The topological polar surface area (TPSA) is 74.5 Å². The molecule has 2 aromatic carbocycles. The Labute approximate surface area is 127 Å². The summed E-state index contributed by atoms with van der Waals surface area (Å²) in [5, 5.41) is 3.01. The molecule has 0 amide bonds. The van der Waals surface area contributed by atoms with Crippen molar-refractivity contribution in [1.29, 1.82) is 0 Å². The van der Waals surface area contributed by atoms with Gasteiger partial charge in [-0.25, -0.2) is 0 Å². The van der Waals surface area contributed by atoms with E-state index in [1.54, 1.807) is 18.2 Å². The molecule has 0 saturated heterocycles. The Bertz CT molecular complexity index is 410. The minimum atomic E-state index is 0. The summed E-state index contributed by atoms with van der Waals surface area (Å²) in [4.78, 5) is 0. The van der Waals surface area contributed by atoms with Crippen LogP contribution in [0.1, 0.15) is 5.56 Å². The molecule has 2 aromatic rings. The van der Waals surface area contributed by atoms with Crippen molar-refractivity contribution in [3.05, 3.63) is 79.0 Å². The Morgan fingerprint density at radius 2 is 1.47 bits per heavy atom. The predicted octanol–water partition coefficient (Wildman–Crippen LogP) is 3.18. The van der Waals surface area contributed by atoms with Crippen LogP contribution in [0.5, 0.6) is 0 Å². The van der Waals surface area contributed by atoms with E-state index in [0.717, 1.165) is 0 Å². The average Bonchev–Trinajstić information content (AvgIpc) is 3.03. The monoisotopic (exact) mass is 334 g/mol. The van der Waals surface area contributed by atoms with Gasteiger partial charge in [0.05, 0.1) is 0 Å². The molecule has 0 bridgehead atoms. The van der Waals surface area contributed by atoms with Crippen LogP contribution >= 0.6 is 0 Å². The molecule has 4 nitrogen and oxygen atoms in total. The molecule has 0 unspecified atom stereocenters. The fourth-order valence-corrected chi connectivity index (χ4v) is 0.792. The summed E-state index contributed by atoms with van der Waals surface area (Å²) in [6.45, 7) is 11.0. The van der Waals surface area contributed by atoms with Crippen LogP contribution in [0.3, 0.4) is 0 Å². The third-order valence-corrected chi connectivity index (χ3v) is 1.50. The SMILES string of the molecule is Cc1ccc(N=[N-])cc1.[C-]#[O+].[C-]#[O+].[Mo+2].[c-]1[c-][c-][cH-][c-]1. The van der Waals surface area contributed by atoms with Crippen LogP contribution in [-0.2, 0) is 30.4 Å². The van der Waals surface area contributed by atoms with Gasteiger partial charge in [-0.15, -0.1) is 0 Å². The van der Waals surface area contributed by atoms with Gasteiger partial charge >= 0.3 is 43.7 Å². The molecule has 0 heterocycles. The molecule has 0 aliphatic carbocycles. The van der Waals surface area contributed by atoms with Gasteiger partial charge in [-0.05, 0) is 19.1 Å². The maximum Gasteiger partial charge on any atom is 2.00 e. The second kappa shape index (κ2) is 18.7. The van der Waals surface area contributed by atoms with Crippen LogP contribution < -0.4 is 0 Å². The number of hydrogen-bond acceptors (Lipinski definition) is 1. The molecule has 2 rings (SSSR count). The quantitative estimate of drug-likeness (QED) is 0.333. The summed E-state index contributed by atoms with van der Waals surface area (Å²) in [5.41, 5.74) is 10.0. The van der Waals surface area contributed by atoms with Gasteiger partial charge in [-0.3, -0.25) is 0 Å².